The predicted octanol–water partition coefficient (Wildman–Crippen LogP) is 1.20. The molecular formula is C13H20N2O4S2. The van der Waals surface area contributed by atoms with E-state index in [9.17, 15) is 16.8 Å². The zero-order valence-corrected chi connectivity index (χ0v) is 13.7. The average Bonchev–Trinajstić information content (AvgIpc) is 3.21. The van der Waals surface area contributed by atoms with Crippen LogP contribution in [0.1, 0.15) is 33.1 Å². The fourth-order valence-corrected chi connectivity index (χ4v) is 4.51. The molecule has 1 aliphatic rings. The third-order valence-corrected chi connectivity index (χ3v) is 6.40. The Bertz CT molecular complexity index is 709. The van der Waals surface area contributed by atoms with Gasteiger partial charge in [-0.25, -0.2) is 26.3 Å². The van der Waals surface area contributed by atoms with Gasteiger partial charge in [0, 0.05) is 12.1 Å². The van der Waals surface area contributed by atoms with Gasteiger partial charge in [-0.15, -0.1) is 0 Å². The normalized spacial score (nSPS) is 17.6. The molecule has 1 aliphatic carbocycles. The predicted molar refractivity (Wildman–Crippen MR) is 79.9 cm³/mol. The van der Waals surface area contributed by atoms with E-state index in [0.717, 1.165) is 12.8 Å². The number of benzene rings is 1. The topological polar surface area (TPSA) is 92.3 Å². The van der Waals surface area contributed by atoms with E-state index in [1.165, 1.54) is 24.3 Å². The van der Waals surface area contributed by atoms with Crippen LogP contribution in [0.2, 0.25) is 0 Å². The monoisotopic (exact) mass is 332 g/mol. The zero-order chi connectivity index (χ0) is 15.7. The Morgan fingerprint density at radius 2 is 1.71 bits per heavy atom. The summed E-state index contributed by atoms with van der Waals surface area (Å²) in [5.41, 5.74) is 0. The van der Waals surface area contributed by atoms with Crippen molar-refractivity contribution in [1.29, 1.82) is 0 Å². The molecule has 0 bridgehead atoms. The average molecular weight is 332 g/mol. The molecule has 0 amide bonds. The summed E-state index contributed by atoms with van der Waals surface area (Å²) in [7, 11) is -7.37. The maximum absolute atomic E-state index is 12.2. The summed E-state index contributed by atoms with van der Waals surface area (Å²) in [6.07, 6.45) is 2.31. The Hall–Kier alpha value is -0.960. The molecule has 2 rings (SSSR count). The summed E-state index contributed by atoms with van der Waals surface area (Å²) in [6, 6.07) is 5.18. The van der Waals surface area contributed by atoms with E-state index in [1.54, 1.807) is 6.92 Å². The van der Waals surface area contributed by atoms with E-state index in [2.05, 4.69) is 9.44 Å². The highest BCUT2D eigenvalue weighted by Gasteiger charge is 2.28. The number of sulfonamides is 2. The lowest BCUT2D eigenvalue weighted by Gasteiger charge is -2.13. The van der Waals surface area contributed by atoms with Crippen molar-refractivity contribution in [2.24, 2.45) is 0 Å². The standard InChI is InChI=1S/C13H20N2O4S2/c1-3-10(2)14-20(16,17)12-5-4-6-13(9-12)21(18,19)15-11-7-8-11/h4-6,9-11,14-15H,3,7-8H2,1-2H3. The van der Waals surface area contributed by atoms with Gasteiger partial charge in [-0.2, -0.15) is 0 Å². The molecule has 118 valence electrons. The van der Waals surface area contributed by atoms with Crippen LogP contribution in [0.5, 0.6) is 0 Å². The van der Waals surface area contributed by atoms with Gasteiger partial charge in [0.05, 0.1) is 9.79 Å². The Kier molecular flexibility index (Phi) is 4.72. The van der Waals surface area contributed by atoms with E-state index in [-0.39, 0.29) is 21.9 Å². The van der Waals surface area contributed by atoms with Crippen molar-refractivity contribution in [3.63, 3.8) is 0 Å². The van der Waals surface area contributed by atoms with Crippen molar-refractivity contribution in [3.8, 4) is 0 Å². The summed E-state index contributed by atoms with van der Waals surface area (Å²) >= 11 is 0. The molecule has 1 atom stereocenters. The SMILES string of the molecule is CCC(C)NS(=O)(=O)c1cccc(S(=O)(=O)NC2CC2)c1. The minimum atomic E-state index is -3.71. The van der Waals surface area contributed by atoms with Crippen molar-refractivity contribution in [2.45, 2.75) is 55.0 Å². The van der Waals surface area contributed by atoms with Gasteiger partial charge < -0.3 is 0 Å². The quantitative estimate of drug-likeness (QED) is 0.785. The summed E-state index contributed by atoms with van der Waals surface area (Å²) in [4.78, 5) is -0.0668. The van der Waals surface area contributed by atoms with Gasteiger partial charge in [0.1, 0.15) is 0 Å². The van der Waals surface area contributed by atoms with Crippen molar-refractivity contribution in [2.75, 3.05) is 0 Å². The van der Waals surface area contributed by atoms with Gasteiger partial charge in [-0.05, 0) is 44.4 Å². The first-order valence-electron chi connectivity index (χ1n) is 6.89. The minimum absolute atomic E-state index is 0.0199. The van der Waals surface area contributed by atoms with Crippen LogP contribution in [-0.2, 0) is 20.0 Å². The van der Waals surface area contributed by atoms with Crippen LogP contribution in [-0.4, -0.2) is 28.9 Å². The summed E-state index contributed by atoms with van der Waals surface area (Å²) < 4.78 is 53.7. The van der Waals surface area contributed by atoms with Gasteiger partial charge in [0.15, 0.2) is 0 Å². The van der Waals surface area contributed by atoms with Crippen molar-refractivity contribution >= 4 is 20.0 Å². The fraction of sp³-hybridized carbons (Fsp3) is 0.538. The van der Waals surface area contributed by atoms with Gasteiger partial charge in [-0.1, -0.05) is 13.0 Å². The molecule has 0 saturated heterocycles. The second-order valence-electron chi connectivity index (χ2n) is 5.30. The zero-order valence-electron chi connectivity index (χ0n) is 12.0. The number of hydrogen-bond acceptors (Lipinski definition) is 4. The fourth-order valence-electron chi connectivity index (χ4n) is 1.71. The number of nitrogens with one attached hydrogen (secondary N) is 2. The molecule has 1 aromatic rings. The first-order valence-corrected chi connectivity index (χ1v) is 9.86. The van der Waals surface area contributed by atoms with Crippen LogP contribution >= 0.6 is 0 Å². The maximum Gasteiger partial charge on any atom is 0.240 e. The van der Waals surface area contributed by atoms with Crippen molar-refractivity contribution in [3.05, 3.63) is 24.3 Å². The molecular weight excluding hydrogens is 312 g/mol. The lowest BCUT2D eigenvalue weighted by molar-refractivity contribution is 0.555. The van der Waals surface area contributed by atoms with E-state index in [1.807, 2.05) is 6.92 Å². The smallest absolute Gasteiger partial charge is 0.208 e. The Morgan fingerprint density at radius 1 is 1.14 bits per heavy atom. The van der Waals surface area contributed by atoms with Crippen molar-refractivity contribution < 1.29 is 16.8 Å². The maximum atomic E-state index is 12.2. The van der Waals surface area contributed by atoms with Crippen LogP contribution in [0.3, 0.4) is 0 Å². The molecule has 0 aliphatic heterocycles. The van der Waals surface area contributed by atoms with Crippen molar-refractivity contribution in [1.82, 2.24) is 9.44 Å². The highest BCUT2D eigenvalue weighted by molar-refractivity contribution is 7.90. The highest BCUT2D eigenvalue weighted by Crippen LogP contribution is 2.23. The second kappa shape index (κ2) is 6.04. The van der Waals surface area contributed by atoms with Gasteiger partial charge in [0.25, 0.3) is 0 Å². The summed E-state index contributed by atoms with van der Waals surface area (Å²) in [5.74, 6) is 0. The van der Waals surface area contributed by atoms with Crippen LogP contribution in [0.25, 0.3) is 0 Å². The molecule has 21 heavy (non-hydrogen) atoms. The molecule has 1 saturated carbocycles. The van der Waals surface area contributed by atoms with Crippen LogP contribution < -0.4 is 9.44 Å². The Morgan fingerprint density at radius 3 is 2.24 bits per heavy atom. The van der Waals surface area contributed by atoms with Gasteiger partial charge >= 0.3 is 0 Å². The lowest BCUT2D eigenvalue weighted by atomic mass is 10.3. The van der Waals surface area contributed by atoms with E-state index in [4.69, 9.17) is 0 Å². The second-order valence-corrected chi connectivity index (χ2v) is 8.73. The first kappa shape index (κ1) is 16.4. The summed E-state index contributed by atoms with van der Waals surface area (Å²) in [5, 5.41) is 0. The molecule has 0 heterocycles. The molecule has 6 nitrogen and oxygen atoms in total. The molecule has 0 aromatic heterocycles. The summed E-state index contributed by atoms with van der Waals surface area (Å²) in [6.45, 7) is 3.63. The molecule has 1 aromatic carbocycles. The Balaban J connectivity index is 2.28. The molecule has 0 spiro atoms. The van der Waals surface area contributed by atoms with Gasteiger partial charge in [-0.3, -0.25) is 0 Å². The van der Waals surface area contributed by atoms with Crippen LogP contribution in [0.4, 0.5) is 0 Å². The number of rotatable bonds is 7. The molecule has 1 unspecified atom stereocenters. The minimum Gasteiger partial charge on any atom is -0.208 e. The largest absolute Gasteiger partial charge is 0.240 e. The molecule has 0 radical (unpaired) electrons. The number of hydrogen-bond donors (Lipinski definition) is 2. The van der Waals surface area contributed by atoms with E-state index < -0.39 is 20.0 Å². The third kappa shape index (κ3) is 4.26. The van der Waals surface area contributed by atoms with Crippen LogP contribution in [0, 0.1) is 0 Å². The molecule has 2 N–H and O–H groups in total. The molecule has 8 heteroatoms. The first-order chi connectivity index (χ1) is 9.74. The highest BCUT2D eigenvalue weighted by atomic mass is 32.2. The van der Waals surface area contributed by atoms with Gasteiger partial charge in [0.2, 0.25) is 20.0 Å². The van der Waals surface area contributed by atoms with E-state index in [0.29, 0.717) is 6.42 Å². The third-order valence-electron chi connectivity index (χ3n) is 3.29. The Labute approximate surface area is 126 Å². The van der Waals surface area contributed by atoms with E-state index >= 15 is 0 Å². The van der Waals surface area contributed by atoms with Crippen LogP contribution in [0.15, 0.2) is 34.1 Å². The molecule has 1 fully saturated rings. The lowest BCUT2D eigenvalue weighted by Crippen LogP contribution is -2.32.